The van der Waals surface area contributed by atoms with E-state index < -0.39 is 30.8 Å². The highest BCUT2D eigenvalue weighted by Crippen LogP contribution is 2.52. The van der Waals surface area contributed by atoms with E-state index in [-0.39, 0.29) is 11.5 Å². The van der Waals surface area contributed by atoms with Gasteiger partial charge in [0.25, 0.3) is 0 Å². The molecule has 1 aromatic carbocycles. The fourth-order valence-electron chi connectivity index (χ4n) is 2.48. The van der Waals surface area contributed by atoms with E-state index in [0.717, 1.165) is 5.56 Å². The Bertz CT molecular complexity index is 956. The molecule has 0 saturated carbocycles. The Morgan fingerprint density at radius 2 is 1.93 bits per heavy atom. The number of allylic oxidation sites excluding steroid dienone is 1. The van der Waals surface area contributed by atoms with E-state index in [1.54, 1.807) is 13.0 Å². The highest BCUT2D eigenvalue weighted by molar-refractivity contribution is 8.09. The minimum Gasteiger partial charge on any atom is -0.447 e. The second kappa shape index (κ2) is 8.91. The molecule has 0 spiro atoms. The third kappa shape index (κ3) is 6.68. The summed E-state index contributed by atoms with van der Waals surface area (Å²) in [6.45, 7) is 0.943. The summed E-state index contributed by atoms with van der Waals surface area (Å²) in [6.07, 6.45) is -3.01. The number of ether oxygens (including phenoxy) is 1. The third-order valence-electron chi connectivity index (χ3n) is 3.78. The van der Waals surface area contributed by atoms with Gasteiger partial charge in [-0.05, 0) is 44.2 Å². The first-order chi connectivity index (χ1) is 13.7. The van der Waals surface area contributed by atoms with Gasteiger partial charge < -0.3 is 19.5 Å². The first-order valence-electron chi connectivity index (χ1n) is 8.74. The number of carbonyl (C=O) groups is 1. The van der Waals surface area contributed by atoms with Gasteiger partial charge >= 0.3 is 12.1 Å². The van der Waals surface area contributed by atoms with Gasteiger partial charge in [-0.25, -0.2) is 9.79 Å². The number of nitrogens with two attached hydrogens (primary N) is 1. The van der Waals surface area contributed by atoms with Gasteiger partial charge in [0.2, 0.25) is 6.49 Å². The van der Waals surface area contributed by atoms with Crippen molar-refractivity contribution in [3.63, 3.8) is 0 Å². The van der Waals surface area contributed by atoms with E-state index in [0.29, 0.717) is 11.4 Å². The topological polar surface area (TPSA) is 83.1 Å². The van der Waals surface area contributed by atoms with E-state index in [9.17, 15) is 18.0 Å². The van der Waals surface area contributed by atoms with Crippen LogP contribution in [0.5, 0.6) is 0 Å². The molecule has 30 heavy (non-hydrogen) atoms. The Morgan fingerprint density at radius 1 is 1.33 bits per heavy atom. The quantitative estimate of drug-likeness (QED) is 0.364. The molecule has 0 aromatic heterocycles. The lowest BCUT2D eigenvalue weighted by molar-refractivity contribution is -0.153. The molecule has 6 nitrogen and oxygen atoms in total. The molecule has 0 saturated heterocycles. The van der Waals surface area contributed by atoms with Crippen molar-refractivity contribution in [1.29, 1.82) is 0 Å². The Balaban J connectivity index is 2.36. The zero-order valence-electron chi connectivity index (χ0n) is 16.8. The molecule has 0 bridgehead atoms. The average molecular weight is 462 g/mol. The molecular weight excluding hydrogens is 440 g/mol. The molecule has 1 aliphatic heterocycles. The molecule has 0 radical (unpaired) electrons. The first-order valence-corrected chi connectivity index (χ1v) is 11.8. The van der Waals surface area contributed by atoms with Crippen LogP contribution < -0.4 is 5.73 Å². The van der Waals surface area contributed by atoms with Crippen molar-refractivity contribution in [1.82, 2.24) is 0 Å². The Labute approximate surface area is 177 Å². The maximum Gasteiger partial charge on any atom is 0.412 e. The van der Waals surface area contributed by atoms with Crippen molar-refractivity contribution in [2.24, 2.45) is 10.7 Å². The number of aliphatic imine (C=N–C) groups is 1. The zero-order chi connectivity index (χ0) is 22.7. The predicted octanol–water partition coefficient (Wildman–Crippen LogP) is 4.53. The fourth-order valence-corrected chi connectivity index (χ4v) is 3.94. The molecular formula is C19H22F3N2O4PS. The number of rotatable bonds is 7. The van der Waals surface area contributed by atoms with E-state index >= 15 is 0 Å². The van der Waals surface area contributed by atoms with Crippen molar-refractivity contribution in [3.8, 4) is 0 Å². The number of cyclic esters (lactones) is 1. The van der Waals surface area contributed by atoms with Crippen LogP contribution in [-0.4, -0.2) is 36.7 Å². The number of halogens is 3. The summed E-state index contributed by atoms with van der Waals surface area (Å²) < 4.78 is 53.0. The van der Waals surface area contributed by atoms with E-state index in [1.807, 2.05) is 30.3 Å². The summed E-state index contributed by atoms with van der Waals surface area (Å²) in [5.74, 6) is -0.863. The van der Waals surface area contributed by atoms with Gasteiger partial charge in [-0.2, -0.15) is 13.2 Å². The maximum absolute atomic E-state index is 12.5. The molecule has 1 atom stereocenters. The van der Waals surface area contributed by atoms with Crippen LogP contribution in [0.4, 0.5) is 13.2 Å². The standard InChI is InChI=1S/C19H22F3N2O4PS/c1-12(10-14(23)13-8-6-5-7-9-13)24-15-16(18(2,3)27-17(15)25)28-29(4,30)26-11-19(20,21)22/h5-10H,11,23H2,1-4H3. The monoisotopic (exact) mass is 462 g/mol. The molecule has 0 aliphatic carbocycles. The lowest BCUT2D eigenvalue weighted by Gasteiger charge is -2.26. The smallest absolute Gasteiger partial charge is 0.412 e. The molecule has 11 heteroatoms. The maximum atomic E-state index is 12.5. The van der Waals surface area contributed by atoms with Crippen molar-refractivity contribution >= 4 is 35.7 Å². The van der Waals surface area contributed by atoms with Crippen molar-refractivity contribution < 1.29 is 31.8 Å². The van der Waals surface area contributed by atoms with Crippen LogP contribution in [0.2, 0.25) is 0 Å². The Morgan fingerprint density at radius 3 is 2.50 bits per heavy atom. The van der Waals surface area contributed by atoms with E-state index in [4.69, 9.17) is 31.3 Å². The van der Waals surface area contributed by atoms with Crippen molar-refractivity contribution in [2.75, 3.05) is 13.3 Å². The number of hydrogen-bond acceptors (Lipinski definition) is 7. The summed E-state index contributed by atoms with van der Waals surface area (Å²) in [5.41, 5.74) is 6.13. The lowest BCUT2D eigenvalue weighted by Crippen LogP contribution is -2.24. The summed E-state index contributed by atoms with van der Waals surface area (Å²) in [5, 5.41) is 0. The molecule has 0 fully saturated rings. The van der Waals surface area contributed by atoms with Gasteiger partial charge in [0.05, 0.1) is 0 Å². The van der Waals surface area contributed by atoms with Gasteiger partial charge in [-0.15, -0.1) is 0 Å². The molecule has 164 valence electrons. The lowest BCUT2D eigenvalue weighted by atomic mass is 10.1. The third-order valence-corrected chi connectivity index (χ3v) is 5.43. The first kappa shape index (κ1) is 24.1. The van der Waals surface area contributed by atoms with Gasteiger partial charge in [0.15, 0.2) is 23.7 Å². The molecule has 1 aliphatic rings. The summed E-state index contributed by atoms with van der Waals surface area (Å²) in [6, 6.07) is 9.11. The molecule has 0 amide bonds. The van der Waals surface area contributed by atoms with E-state index in [2.05, 4.69) is 4.99 Å². The number of benzene rings is 1. The normalized spacial score (nSPS) is 19.5. The van der Waals surface area contributed by atoms with Crippen molar-refractivity contribution in [2.45, 2.75) is 32.5 Å². The van der Waals surface area contributed by atoms with Crippen LogP contribution in [0.25, 0.3) is 5.70 Å². The number of nitrogens with zero attached hydrogens (tertiary/aromatic N) is 1. The molecule has 1 heterocycles. The van der Waals surface area contributed by atoms with Gasteiger partial charge in [-0.1, -0.05) is 30.3 Å². The highest BCUT2D eigenvalue weighted by atomic mass is 32.5. The minimum absolute atomic E-state index is 0.0773. The Kier molecular flexibility index (Phi) is 7.16. The Hall–Kier alpha value is -2.16. The SMILES string of the molecule is CC(C=C(N)c1ccccc1)=NC1=C(OP(C)(=S)OCC(F)(F)F)C(C)(C)OC1=O. The number of alkyl halides is 3. The van der Waals surface area contributed by atoms with Gasteiger partial charge in [-0.3, -0.25) is 0 Å². The van der Waals surface area contributed by atoms with Crippen LogP contribution >= 0.6 is 6.49 Å². The molecule has 1 unspecified atom stereocenters. The minimum atomic E-state index is -4.56. The largest absolute Gasteiger partial charge is 0.447 e. The molecule has 2 N–H and O–H groups in total. The fraction of sp³-hybridized carbons (Fsp3) is 0.368. The summed E-state index contributed by atoms with van der Waals surface area (Å²) >= 11 is 5.07. The predicted molar refractivity (Wildman–Crippen MR) is 112 cm³/mol. The number of carbonyl (C=O) groups excluding carboxylic acids is 1. The van der Waals surface area contributed by atoms with Crippen LogP contribution in [0, 0.1) is 0 Å². The van der Waals surface area contributed by atoms with Crippen LogP contribution in [0.15, 0.2) is 52.9 Å². The van der Waals surface area contributed by atoms with E-state index in [1.165, 1.54) is 20.5 Å². The zero-order valence-corrected chi connectivity index (χ0v) is 18.5. The summed E-state index contributed by atoms with van der Waals surface area (Å²) in [7, 11) is 0. The second-order valence-corrected chi connectivity index (χ2v) is 11.0. The van der Waals surface area contributed by atoms with Crippen LogP contribution in [0.1, 0.15) is 26.3 Å². The molecule has 2 rings (SSSR count). The van der Waals surface area contributed by atoms with Crippen LogP contribution in [0.3, 0.4) is 0 Å². The summed E-state index contributed by atoms with van der Waals surface area (Å²) in [4.78, 5) is 16.6. The number of hydrogen-bond donors (Lipinski definition) is 1. The highest BCUT2D eigenvalue weighted by Gasteiger charge is 2.45. The second-order valence-electron chi connectivity index (χ2n) is 7.05. The number of esters is 1. The molecule has 1 aromatic rings. The van der Waals surface area contributed by atoms with Gasteiger partial charge in [0.1, 0.15) is 0 Å². The average Bonchev–Trinajstić information content (AvgIpc) is 2.82. The van der Waals surface area contributed by atoms with Crippen LogP contribution in [-0.2, 0) is 30.4 Å². The van der Waals surface area contributed by atoms with Crippen molar-refractivity contribution in [3.05, 3.63) is 53.4 Å². The van der Waals surface area contributed by atoms with Gasteiger partial charge in [0, 0.05) is 18.1 Å².